The molecule has 0 saturated heterocycles. The third-order valence-electron chi connectivity index (χ3n) is 2.09. The molecule has 0 aromatic rings. The third kappa shape index (κ3) is 5.43. The number of likely N-dealkylation sites (N-methyl/N-ethyl adjacent to an activating group) is 1. The van der Waals surface area contributed by atoms with Crippen LogP contribution in [0.1, 0.15) is 19.8 Å². The minimum Gasteiger partial charge on any atom is -0.409 e. The number of oxime groups is 1. The van der Waals surface area contributed by atoms with Crippen LogP contribution in [-0.2, 0) is 0 Å². The van der Waals surface area contributed by atoms with Crippen molar-refractivity contribution in [3.63, 3.8) is 0 Å². The fourth-order valence-corrected chi connectivity index (χ4v) is 0.919. The highest BCUT2D eigenvalue weighted by atomic mass is 16.4. The molecule has 0 saturated carbocycles. The number of nitrogens with two attached hydrogens (primary N) is 1. The molecule has 0 fully saturated rings. The average molecular weight is 189 g/mol. The molecule has 4 N–H and O–H groups in total. The molecule has 0 radical (unpaired) electrons. The van der Waals surface area contributed by atoms with Crippen LogP contribution in [0.5, 0.6) is 0 Å². The first-order valence-electron chi connectivity index (χ1n) is 4.39. The zero-order valence-corrected chi connectivity index (χ0v) is 8.27. The number of aliphatic hydroxyl groups excluding tert-OH is 1. The molecular weight excluding hydrogens is 170 g/mol. The Kier molecular flexibility index (Phi) is 6.26. The van der Waals surface area contributed by atoms with Crippen molar-refractivity contribution >= 4 is 5.84 Å². The van der Waals surface area contributed by atoms with Gasteiger partial charge in [0.05, 0.1) is 6.61 Å². The van der Waals surface area contributed by atoms with Gasteiger partial charge in [-0.15, -0.1) is 0 Å². The first-order valence-corrected chi connectivity index (χ1v) is 4.39. The van der Waals surface area contributed by atoms with Crippen molar-refractivity contribution in [2.75, 3.05) is 20.2 Å². The smallest absolute Gasteiger partial charge is 0.139 e. The zero-order chi connectivity index (χ0) is 10.3. The monoisotopic (exact) mass is 189 g/mol. The normalized spacial score (nSPS) is 14.9. The van der Waals surface area contributed by atoms with Crippen molar-refractivity contribution < 1.29 is 10.3 Å². The molecule has 78 valence electrons. The lowest BCUT2D eigenvalue weighted by Gasteiger charge is -2.22. The van der Waals surface area contributed by atoms with E-state index in [1.54, 1.807) is 0 Å². The number of hydrogen-bond donors (Lipinski definition) is 3. The maximum atomic E-state index is 8.83. The summed E-state index contributed by atoms with van der Waals surface area (Å²) in [5, 5.41) is 20.0. The molecule has 5 heteroatoms. The van der Waals surface area contributed by atoms with Crippen LogP contribution in [0.4, 0.5) is 0 Å². The van der Waals surface area contributed by atoms with Crippen LogP contribution in [0, 0.1) is 0 Å². The quantitative estimate of drug-likeness (QED) is 0.234. The van der Waals surface area contributed by atoms with E-state index in [2.05, 4.69) is 5.16 Å². The van der Waals surface area contributed by atoms with E-state index in [0.717, 1.165) is 13.0 Å². The molecule has 0 bridgehead atoms. The van der Waals surface area contributed by atoms with Crippen LogP contribution < -0.4 is 5.73 Å². The lowest BCUT2D eigenvalue weighted by atomic mass is 10.2. The summed E-state index contributed by atoms with van der Waals surface area (Å²) in [7, 11) is 1.94. The van der Waals surface area contributed by atoms with Gasteiger partial charge in [0, 0.05) is 12.5 Å². The molecule has 1 atom stereocenters. The third-order valence-corrected chi connectivity index (χ3v) is 2.09. The van der Waals surface area contributed by atoms with Gasteiger partial charge in [0.25, 0.3) is 0 Å². The van der Waals surface area contributed by atoms with Crippen molar-refractivity contribution in [3.05, 3.63) is 0 Å². The van der Waals surface area contributed by atoms with Gasteiger partial charge < -0.3 is 20.9 Å². The minimum atomic E-state index is 0.153. The van der Waals surface area contributed by atoms with E-state index in [1.807, 2.05) is 18.9 Å². The summed E-state index contributed by atoms with van der Waals surface area (Å²) in [4.78, 5) is 2.03. The molecule has 0 aliphatic rings. The fraction of sp³-hybridized carbons (Fsp3) is 0.875. The molecule has 0 aliphatic heterocycles. The van der Waals surface area contributed by atoms with E-state index >= 15 is 0 Å². The Morgan fingerprint density at radius 2 is 2.23 bits per heavy atom. The molecule has 13 heavy (non-hydrogen) atoms. The molecule has 0 aromatic heterocycles. The van der Waals surface area contributed by atoms with E-state index in [-0.39, 0.29) is 18.5 Å². The molecule has 1 unspecified atom stereocenters. The lowest BCUT2D eigenvalue weighted by molar-refractivity contribution is 0.158. The standard InChI is InChI=1S/C8H19N3O2/c1-7(6-12)11(2)5-3-4-8(9)10-13/h7,12-13H,3-6H2,1-2H3,(H2,9,10). The Bertz CT molecular complexity index is 161. The summed E-state index contributed by atoms with van der Waals surface area (Å²) in [6.07, 6.45) is 1.41. The van der Waals surface area contributed by atoms with Crippen LogP contribution in [-0.4, -0.2) is 47.3 Å². The number of nitrogens with zero attached hydrogens (tertiary/aromatic N) is 2. The Labute approximate surface area is 78.8 Å². The molecule has 0 rings (SSSR count). The Morgan fingerprint density at radius 1 is 1.62 bits per heavy atom. The van der Waals surface area contributed by atoms with Crippen LogP contribution in [0.15, 0.2) is 5.16 Å². The van der Waals surface area contributed by atoms with E-state index in [1.165, 1.54) is 0 Å². The summed E-state index contributed by atoms with van der Waals surface area (Å²) in [5.74, 6) is 0.255. The van der Waals surface area contributed by atoms with Gasteiger partial charge in [-0.2, -0.15) is 0 Å². The lowest BCUT2D eigenvalue weighted by Crippen LogP contribution is -2.33. The summed E-state index contributed by atoms with van der Waals surface area (Å²) >= 11 is 0. The van der Waals surface area contributed by atoms with Gasteiger partial charge in [-0.3, -0.25) is 0 Å². The number of amidine groups is 1. The second kappa shape index (κ2) is 6.68. The molecule has 5 nitrogen and oxygen atoms in total. The molecule has 0 aromatic carbocycles. The minimum absolute atomic E-state index is 0.153. The van der Waals surface area contributed by atoms with Gasteiger partial charge in [0.2, 0.25) is 0 Å². The summed E-state index contributed by atoms with van der Waals surface area (Å²) in [5.41, 5.74) is 5.30. The SMILES string of the molecule is CC(CO)N(C)CCCC(N)=NO. The van der Waals surface area contributed by atoms with E-state index in [9.17, 15) is 0 Å². The maximum Gasteiger partial charge on any atom is 0.139 e. The zero-order valence-electron chi connectivity index (χ0n) is 8.27. The predicted octanol–water partition coefficient (Wildman–Crippen LogP) is -0.174. The van der Waals surface area contributed by atoms with E-state index < -0.39 is 0 Å². The molecule has 0 amide bonds. The maximum absolute atomic E-state index is 8.83. The number of rotatable bonds is 6. The van der Waals surface area contributed by atoms with Gasteiger partial charge in [0.15, 0.2) is 0 Å². The first kappa shape index (κ1) is 12.2. The van der Waals surface area contributed by atoms with Crippen molar-refractivity contribution in [1.82, 2.24) is 4.90 Å². The van der Waals surface area contributed by atoms with Crippen LogP contribution >= 0.6 is 0 Å². The summed E-state index contributed by atoms with van der Waals surface area (Å²) < 4.78 is 0. The Hall–Kier alpha value is -0.810. The fourth-order valence-electron chi connectivity index (χ4n) is 0.919. The summed E-state index contributed by atoms with van der Waals surface area (Å²) in [6.45, 7) is 2.93. The van der Waals surface area contributed by atoms with E-state index in [0.29, 0.717) is 6.42 Å². The Morgan fingerprint density at radius 3 is 2.69 bits per heavy atom. The highest BCUT2D eigenvalue weighted by molar-refractivity contribution is 5.79. The Balaban J connectivity index is 3.53. The van der Waals surface area contributed by atoms with Gasteiger partial charge in [0.1, 0.15) is 5.84 Å². The number of aliphatic hydroxyl groups is 1. The number of hydrogen-bond acceptors (Lipinski definition) is 4. The average Bonchev–Trinajstić information content (AvgIpc) is 2.15. The van der Waals surface area contributed by atoms with Gasteiger partial charge in [-0.1, -0.05) is 5.16 Å². The highest BCUT2D eigenvalue weighted by Gasteiger charge is 2.06. The molecular formula is C8H19N3O2. The topological polar surface area (TPSA) is 82.1 Å². The highest BCUT2D eigenvalue weighted by Crippen LogP contribution is 1.98. The van der Waals surface area contributed by atoms with Crippen molar-refractivity contribution in [3.8, 4) is 0 Å². The van der Waals surface area contributed by atoms with Gasteiger partial charge in [-0.05, 0) is 26.9 Å². The van der Waals surface area contributed by atoms with Crippen LogP contribution in [0.3, 0.4) is 0 Å². The first-order chi connectivity index (χ1) is 6.11. The summed E-state index contributed by atoms with van der Waals surface area (Å²) in [6, 6.07) is 0.160. The second-order valence-electron chi connectivity index (χ2n) is 3.21. The van der Waals surface area contributed by atoms with Crippen LogP contribution in [0.25, 0.3) is 0 Å². The second-order valence-corrected chi connectivity index (χ2v) is 3.21. The van der Waals surface area contributed by atoms with Gasteiger partial charge >= 0.3 is 0 Å². The molecule has 0 spiro atoms. The predicted molar refractivity (Wildman–Crippen MR) is 51.8 cm³/mol. The van der Waals surface area contributed by atoms with E-state index in [4.69, 9.17) is 16.0 Å². The largest absolute Gasteiger partial charge is 0.409 e. The van der Waals surface area contributed by atoms with Crippen molar-refractivity contribution in [1.29, 1.82) is 0 Å². The van der Waals surface area contributed by atoms with Crippen molar-refractivity contribution in [2.24, 2.45) is 10.9 Å². The van der Waals surface area contributed by atoms with Gasteiger partial charge in [-0.25, -0.2) is 0 Å². The van der Waals surface area contributed by atoms with Crippen molar-refractivity contribution in [2.45, 2.75) is 25.8 Å². The molecule has 0 heterocycles. The molecule has 0 aliphatic carbocycles. The van der Waals surface area contributed by atoms with Crippen LogP contribution in [0.2, 0.25) is 0 Å².